The van der Waals surface area contributed by atoms with E-state index in [1.807, 2.05) is 20.8 Å². The van der Waals surface area contributed by atoms with Crippen molar-refractivity contribution in [2.75, 3.05) is 13.2 Å². The van der Waals surface area contributed by atoms with Gasteiger partial charge in [0.05, 0.1) is 18.2 Å². The first-order valence-corrected chi connectivity index (χ1v) is 5.29. The zero-order chi connectivity index (χ0) is 12.0. The molecule has 86 valence electrons. The predicted octanol–water partition coefficient (Wildman–Crippen LogP) is 2.07. The molecule has 0 radical (unpaired) electrons. The van der Waals surface area contributed by atoms with E-state index in [1.54, 1.807) is 12.1 Å². The number of pyridine rings is 1. The van der Waals surface area contributed by atoms with Gasteiger partial charge in [-0.05, 0) is 26.8 Å². The molecule has 1 aromatic heterocycles. The van der Waals surface area contributed by atoms with Gasteiger partial charge >= 0.3 is 0 Å². The van der Waals surface area contributed by atoms with Crippen molar-refractivity contribution in [3.63, 3.8) is 0 Å². The molecule has 0 saturated heterocycles. The number of aromatic nitrogens is 1. The molecule has 1 unspecified atom stereocenters. The van der Waals surface area contributed by atoms with E-state index < -0.39 is 0 Å². The molecule has 1 rings (SSSR count). The fraction of sp³-hybridized carbons (Fsp3) is 0.500. The maximum atomic E-state index is 8.80. The number of nitrogens with zero attached hydrogens (tertiary/aromatic N) is 2. The summed E-state index contributed by atoms with van der Waals surface area (Å²) < 4.78 is 10.8. The summed E-state index contributed by atoms with van der Waals surface area (Å²) in [7, 11) is 0. The van der Waals surface area contributed by atoms with Gasteiger partial charge in [-0.2, -0.15) is 5.26 Å². The Morgan fingerprint density at radius 1 is 1.50 bits per heavy atom. The van der Waals surface area contributed by atoms with E-state index in [0.29, 0.717) is 24.7 Å². The van der Waals surface area contributed by atoms with E-state index in [0.717, 1.165) is 5.69 Å². The molecule has 0 amide bonds. The molecule has 1 aromatic rings. The lowest BCUT2D eigenvalue weighted by Crippen LogP contribution is -2.19. The van der Waals surface area contributed by atoms with Gasteiger partial charge in [0, 0.05) is 18.4 Å². The maximum Gasteiger partial charge on any atom is 0.215 e. The van der Waals surface area contributed by atoms with Gasteiger partial charge < -0.3 is 9.47 Å². The van der Waals surface area contributed by atoms with Crippen LogP contribution in [0.1, 0.15) is 25.1 Å². The minimum Gasteiger partial charge on any atom is -0.472 e. The Hall–Kier alpha value is -1.60. The first kappa shape index (κ1) is 12.5. The highest BCUT2D eigenvalue weighted by atomic mass is 16.5. The van der Waals surface area contributed by atoms with Gasteiger partial charge in [-0.1, -0.05) is 0 Å². The van der Waals surface area contributed by atoms with Gasteiger partial charge in [0.25, 0.3) is 0 Å². The molecule has 0 aliphatic carbocycles. The summed E-state index contributed by atoms with van der Waals surface area (Å²) >= 11 is 0. The zero-order valence-corrected chi connectivity index (χ0v) is 9.86. The minimum absolute atomic E-state index is 0.0687. The minimum atomic E-state index is -0.0687. The van der Waals surface area contributed by atoms with E-state index in [4.69, 9.17) is 14.7 Å². The lowest BCUT2D eigenvalue weighted by molar-refractivity contribution is 0.0633. The van der Waals surface area contributed by atoms with E-state index in [9.17, 15) is 0 Å². The van der Waals surface area contributed by atoms with Crippen LogP contribution in [0.3, 0.4) is 0 Å². The number of rotatable bonds is 5. The van der Waals surface area contributed by atoms with Crippen LogP contribution in [0, 0.1) is 18.3 Å². The average molecular weight is 220 g/mol. The van der Waals surface area contributed by atoms with E-state index in [1.165, 1.54) is 0 Å². The van der Waals surface area contributed by atoms with Gasteiger partial charge in [-0.15, -0.1) is 0 Å². The second kappa shape index (κ2) is 6.09. The van der Waals surface area contributed by atoms with E-state index in [2.05, 4.69) is 11.1 Å². The highest BCUT2D eigenvalue weighted by Gasteiger charge is 2.06. The molecule has 0 bridgehead atoms. The van der Waals surface area contributed by atoms with Crippen molar-refractivity contribution < 1.29 is 9.47 Å². The molecule has 1 heterocycles. The average Bonchev–Trinajstić information content (AvgIpc) is 2.25. The molecule has 0 aliphatic heterocycles. The summed E-state index contributed by atoms with van der Waals surface area (Å²) in [5, 5.41) is 8.80. The van der Waals surface area contributed by atoms with Gasteiger partial charge in [-0.25, -0.2) is 4.98 Å². The van der Waals surface area contributed by atoms with Crippen molar-refractivity contribution in [2.45, 2.75) is 26.9 Å². The largest absolute Gasteiger partial charge is 0.472 e. The Kier molecular flexibility index (Phi) is 4.74. The summed E-state index contributed by atoms with van der Waals surface area (Å²) in [6.07, 6.45) is -0.0687. The predicted molar refractivity (Wildman–Crippen MR) is 60.3 cm³/mol. The van der Waals surface area contributed by atoms with Crippen LogP contribution in [0.15, 0.2) is 12.1 Å². The number of aryl methyl sites for hydroxylation is 1. The topological polar surface area (TPSA) is 55.1 Å². The van der Waals surface area contributed by atoms with Crippen LogP contribution < -0.4 is 4.74 Å². The summed E-state index contributed by atoms with van der Waals surface area (Å²) in [6.45, 7) is 6.87. The molecule has 16 heavy (non-hydrogen) atoms. The summed E-state index contributed by atoms with van der Waals surface area (Å²) in [6, 6.07) is 5.43. The Balaban J connectivity index is 2.66. The third-order valence-electron chi connectivity index (χ3n) is 1.94. The quantitative estimate of drug-likeness (QED) is 0.762. The molecule has 4 heteroatoms. The van der Waals surface area contributed by atoms with Gasteiger partial charge in [-0.3, -0.25) is 0 Å². The monoisotopic (exact) mass is 220 g/mol. The van der Waals surface area contributed by atoms with Crippen molar-refractivity contribution in [3.8, 4) is 11.9 Å². The summed E-state index contributed by atoms with van der Waals surface area (Å²) in [4.78, 5) is 4.20. The van der Waals surface area contributed by atoms with Crippen LogP contribution in [0.25, 0.3) is 0 Å². The molecular weight excluding hydrogens is 204 g/mol. The number of hydrogen-bond donors (Lipinski definition) is 0. The van der Waals surface area contributed by atoms with Gasteiger partial charge in [0.15, 0.2) is 0 Å². The standard InChI is InChI=1S/C12H16N2O2/c1-4-15-8-10(3)16-12-6-11(7-13)5-9(2)14-12/h5-6,10H,4,8H2,1-3H3. The van der Waals surface area contributed by atoms with Crippen molar-refractivity contribution in [3.05, 3.63) is 23.4 Å². The molecule has 0 fully saturated rings. The molecule has 0 N–H and O–H groups in total. The molecular formula is C12H16N2O2. The number of hydrogen-bond acceptors (Lipinski definition) is 4. The van der Waals surface area contributed by atoms with Crippen LogP contribution in [0.4, 0.5) is 0 Å². The second-order valence-electron chi connectivity index (χ2n) is 3.54. The van der Waals surface area contributed by atoms with Gasteiger partial charge in [0.2, 0.25) is 5.88 Å². The third kappa shape index (κ3) is 3.87. The van der Waals surface area contributed by atoms with Crippen LogP contribution in [-0.4, -0.2) is 24.3 Å². The molecule has 0 aliphatic rings. The Morgan fingerprint density at radius 3 is 2.88 bits per heavy atom. The molecule has 4 nitrogen and oxygen atoms in total. The van der Waals surface area contributed by atoms with Crippen LogP contribution in [0.5, 0.6) is 5.88 Å². The molecule has 0 saturated carbocycles. The van der Waals surface area contributed by atoms with Crippen molar-refractivity contribution in [1.82, 2.24) is 4.98 Å². The highest BCUT2D eigenvalue weighted by molar-refractivity contribution is 5.34. The second-order valence-corrected chi connectivity index (χ2v) is 3.54. The Morgan fingerprint density at radius 2 is 2.25 bits per heavy atom. The molecule has 0 spiro atoms. The lowest BCUT2D eigenvalue weighted by Gasteiger charge is -2.13. The fourth-order valence-electron chi connectivity index (χ4n) is 1.29. The first-order valence-electron chi connectivity index (χ1n) is 5.29. The highest BCUT2D eigenvalue weighted by Crippen LogP contribution is 2.13. The van der Waals surface area contributed by atoms with Gasteiger partial charge in [0.1, 0.15) is 6.10 Å². The van der Waals surface area contributed by atoms with Crippen molar-refractivity contribution in [1.29, 1.82) is 5.26 Å². The first-order chi connectivity index (χ1) is 7.65. The van der Waals surface area contributed by atoms with Crippen LogP contribution in [-0.2, 0) is 4.74 Å². The normalized spacial score (nSPS) is 11.9. The summed E-state index contributed by atoms with van der Waals surface area (Å²) in [5.74, 6) is 0.476. The zero-order valence-electron chi connectivity index (χ0n) is 9.86. The smallest absolute Gasteiger partial charge is 0.215 e. The maximum absolute atomic E-state index is 8.80. The Labute approximate surface area is 95.8 Å². The SMILES string of the molecule is CCOCC(C)Oc1cc(C#N)cc(C)n1. The fourth-order valence-corrected chi connectivity index (χ4v) is 1.29. The lowest BCUT2D eigenvalue weighted by atomic mass is 10.2. The third-order valence-corrected chi connectivity index (χ3v) is 1.94. The molecule has 0 aromatic carbocycles. The summed E-state index contributed by atoms with van der Waals surface area (Å²) in [5.41, 5.74) is 1.34. The van der Waals surface area contributed by atoms with Crippen LogP contribution >= 0.6 is 0 Å². The van der Waals surface area contributed by atoms with Crippen LogP contribution in [0.2, 0.25) is 0 Å². The van der Waals surface area contributed by atoms with E-state index in [-0.39, 0.29) is 6.10 Å². The molecule has 1 atom stereocenters. The van der Waals surface area contributed by atoms with E-state index >= 15 is 0 Å². The number of ether oxygens (including phenoxy) is 2. The van der Waals surface area contributed by atoms with Crippen molar-refractivity contribution in [2.24, 2.45) is 0 Å². The van der Waals surface area contributed by atoms with Crippen molar-refractivity contribution >= 4 is 0 Å². The Bertz CT molecular complexity index is 385. The number of nitriles is 1.